The number of carboxylic acid groups (broad SMARTS) is 1. The first-order chi connectivity index (χ1) is 11.0. The zero-order valence-corrected chi connectivity index (χ0v) is 13.9. The summed E-state index contributed by atoms with van der Waals surface area (Å²) in [5.41, 5.74) is 2.37. The number of carbonyl (C=O) groups is 2. The van der Waals surface area contributed by atoms with Crippen molar-refractivity contribution in [1.82, 2.24) is 0 Å². The minimum Gasteiger partial charge on any atom is -0.478 e. The third-order valence-electron chi connectivity index (χ3n) is 3.40. The van der Waals surface area contributed by atoms with E-state index in [9.17, 15) is 9.59 Å². The zero-order chi connectivity index (χ0) is 16.8. The lowest BCUT2D eigenvalue weighted by molar-refractivity contribution is -0.116. The summed E-state index contributed by atoms with van der Waals surface area (Å²) < 4.78 is 0. The number of halogens is 1. The Labute approximate surface area is 144 Å². The third-order valence-corrected chi connectivity index (χ3v) is 3.97. The number of aromatic carboxylic acids is 1. The first kappa shape index (κ1) is 17.4. The number of carbonyl (C=O) groups excluding carboxylic acids is 1. The standard InChI is InChI=1S/C17H16ClNO3S/c18-13-6-7-15(14(9-13)17(21)22)19-16(20)8-5-11-3-1-2-4-12(11)10-23/h1-4,6-7,9,23H,5,8,10H2,(H,19,20)(H,21,22). The van der Waals surface area contributed by atoms with E-state index >= 15 is 0 Å². The molecular formula is C17H16ClNO3S. The molecule has 2 rings (SSSR count). The number of aryl methyl sites for hydroxylation is 1. The SMILES string of the molecule is O=C(CCc1ccccc1CS)Nc1ccc(Cl)cc1C(=O)O. The van der Waals surface area contributed by atoms with Gasteiger partial charge in [0, 0.05) is 17.2 Å². The molecule has 0 aliphatic rings. The predicted molar refractivity (Wildman–Crippen MR) is 94.5 cm³/mol. The molecule has 6 heteroatoms. The van der Waals surface area contributed by atoms with Crippen LogP contribution in [-0.2, 0) is 17.0 Å². The van der Waals surface area contributed by atoms with Crippen LogP contribution in [0.15, 0.2) is 42.5 Å². The van der Waals surface area contributed by atoms with Gasteiger partial charge in [-0.15, -0.1) is 0 Å². The van der Waals surface area contributed by atoms with Gasteiger partial charge in [0.25, 0.3) is 0 Å². The van der Waals surface area contributed by atoms with Crippen LogP contribution in [0.5, 0.6) is 0 Å². The van der Waals surface area contributed by atoms with E-state index < -0.39 is 5.97 Å². The smallest absolute Gasteiger partial charge is 0.337 e. The number of carboxylic acids is 1. The zero-order valence-electron chi connectivity index (χ0n) is 12.3. The maximum atomic E-state index is 12.1. The molecule has 0 saturated carbocycles. The average molecular weight is 350 g/mol. The van der Waals surface area contributed by atoms with Crippen LogP contribution in [0.3, 0.4) is 0 Å². The second-order valence-electron chi connectivity index (χ2n) is 4.97. The van der Waals surface area contributed by atoms with Crippen LogP contribution < -0.4 is 5.32 Å². The van der Waals surface area contributed by atoms with E-state index in [1.54, 1.807) is 6.07 Å². The molecule has 0 spiro atoms. The molecule has 120 valence electrons. The summed E-state index contributed by atoms with van der Waals surface area (Å²) >= 11 is 10.1. The van der Waals surface area contributed by atoms with Gasteiger partial charge in [0.2, 0.25) is 5.91 Å². The van der Waals surface area contributed by atoms with E-state index in [0.717, 1.165) is 11.1 Å². The second-order valence-corrected chi connectivity index (χ2v) is 5.72. The fraction of sp³-hybridized carbons (Fsp3) is 0.176. The van der Waals surface area contributed by atoms with Gasteiger partial charge in [-0.25, -0.2) is 4.79 Å². The Morgan fingerprint density at radius 1 is 1.13 bits per heavy atom. The van der Waals surface area contributed by atoms with E-state index in [4.69, 9.17) is 16.7 Å². The number of hydrogen-bond acceptors (Lipinski definition) is 3. The molecule has 0 fully saturated rings. The molecule has 0 atom stereocenters. The lowest BCUT2D eigenvalue weighted by Gasteiger charge is -2.10. The van der Waals surface area contributed by atoms with Gasteiger partial charge in [-0.1, -0.05) is 35.9 Å². The number of rotatable bonds is 6. The van der Waals surface area contributed by atoms with Gasteiger partial charge in [0.05, 0.1) is 11.3 Å². The molecule has 0 heterocycles. The molecule has 1 amide bonds. The monoisotopic (exact) mass is 349 g/mol. The number of benzene rings is 2. The minimum atomic E-state index is -1.14. The Morgan fingerprint density at radius 2 is 1.83 bits per heavy atom. The molecule has 2 aromatic rings. The highest BCUT2D eigenvalue weighted by atomic mass is 35.5. The summed E-state index contributed by atoms with van der Waals surface area (Å²) in [6, 6.07) is 12.1. The molecule has 0 unspecified atom stereocenters. The summed E-state index contributed by atoms with van der Waals surface area (Å²) in [6.07, 6.45) is 0.824. The highest BCUT2D eigenvalue weighted by Crippen LogP contribution is 2.21. The largest absolute Gasteiger partial charge is 0.478 e. The lowest BCUT2D eigenvalue weighted by atomic mass is 10.0. The Hall–Kier alpha value is -1.98. The minimum absolute atomic E-state index is 0.0263. The molecule has 0 aliphatic carbocycles. The number of hydrogen-bond donors (Lipinski definition) is 3. The van der Waals surface area contributed by atoms with Crippen molar-refractivity contribution in [2.45, 2.75) is 18.6 Å². The fourth-order valence-electron chi connectivity index (χ4n) is 2.22. The second kappa shape index (κ2) is 8.04. The van der Waals surface area contributed by atoms with Crippen molar-refractivity contribution in [1.29, 1.82) is 0 Å². The van der Waals surface area contributed by atoms with Gasteiger partial charge >= 0.3 is 5.97 Å². The Balaban J connectivity index is 2.04. The summed E-state index contributed by atoms with van der Waals surface area (Å²) in [5.74, 6) is -0.773. The molecule has 0 saturated heterocycles. The van der Waals surface area contributed by atoms with Crippen LogP contribution in [0, 0.1) is 0 Å². The van der Waals surface area contributed by atoms with Crippen LogP contribution in [-0.4, -0.2) is 17.0 Å². The summed E-state index contributed by atoms with van der Waals surface area (Å²) in [4.78, 5) is 23.3. The number of nitrogens with one attached hydrogen (secondary N) is 1. The Bertz CT molecular complexity index is 734. The summed E-state index contributed by atoms with van der Waals surface area (Å²) in [7, 11) is 0. The maximum absolute atomic E-state index is 12.1. The van der Waals surface area contributed by atoms with Gasteiger partial charge in [-0.05, 0) is 35.7 Å². The molecule has 2 N–H and O–H groups in total. The lowest BCUT2D eigenvalue weighted by Crippen LogP contribution is -2.15. The summed E-state index contributed by atoms with van der Waals surface area (Å²) in [5, 5.41) is 12.1. The van der Waals surface area contributed by atoms with E-state index in [1.807, 2.05) is 24.3 Å². The number of thiol groups is 1. The van der Waals surface area contributed by atoms with Crippen molar-refractivity contribution in [2.75, 3.05) is 5.32 Å². The molecule has 0 bridgehead atoms. The van der Waals surface area contributed by atoms with Gasteiger partial charge in [0.1, 0.15) is 0 Å². The van der Waals surface area contributed by atoms with Crippen LogP contribution >= 0.6 is 24.2 Å². The maximum Gasteiger partial charge on any atom is 0.337 e. The van der Waals surface area contributed by atoms with Gasteiger partial charge in [-0.2, -0.15) is 12.6 Å². The van der Waals surface area contributed by atoms with E-state index in [0.29, 0.717) is 17.2 Å². The Morgan fingerprint density at radius 3 is 2.48 bits per heavy atom. The first-order valence-electron chi connectivity index (χ1n) is 7.01. The van der Waals surface area contributed by atoms with Crippen LogP contribution in [0.1, 0.15) is 27.9 Å². The molecule has 0 aliphatic heterocycles. The Kier molecular flexibility index (Phi) is 6.07. The predicted octanol–water partition coefficient (Wildman–Crippen LogP) is 4.04. The van der Waals surface area contributed by atoms with Crippen molar-refractivity contribution in [3.63, 3.8) is 0 Å². The molecule has 4 nitrogen and oxygen atoms in total. The summed E-state index contributed by atoms with van der Waals surface area (Å²) in [6.45, 7) is 0. The first-order valence-corrected chi connectivity index (χ1v) is 8.02. The average Bonchev–Trinajstić information content (AvgIpc) is 2.54. The third kappa shape index (κ3) is 4.74. The number of amides is 1. The highest BCUT2D eigenvalue weighted by molar-refractivity contribution is 7.79. The quantitative estimate of drug-likeness (QED) is 0.689. The highest BCUT2D eigenvalue weighted by Gasteiger charge is 2.13. The van der Waals surface area contributed by atoms with Crippen LogP contribution in [0.25, 0.3) is 0 Å². The van der Waals surface area contributed by atoms with E-state index in [-0.39, 0.29) is 23.6 Å². The van der Waals surface area contributed by atoms with E-state index in [1.165, 1.54) is 12.1 Å². The van der Waals surface area contributed by atoms with Gasteiger partial charge in [-0.3, -0.25) is 4.79 Å². The fourth-order valence-corrected chi connectivity index (χ4v) is 2.70. The van der Waals surface area contributed by atoms with Gasteiger partial charge < -0.3 is 10.4 Å². The van der Waals surface area contributed by atoms with Gasteiger partial charge in [0.15, 0.2) is 0 Å². The molecule has 0 radical (unpaired) electrons. The molecule has 2 aromatic carbocycles. The van der Waals surface area contributed by atoms with E-state index in [2.05, 4.69) is 17.9 Å². The van der Waals surface area contributed by atoms with Crippen molar-refractivity contribution in [3.8, 4) is 0 Å². The van der Waals surface area contributed by atoms with Crippen LogP contribution in [0.4, 0.5) is 5.69 Å². The molecular weight excluding hydrogens is 334 g/mol. The molecule has 0 aromatic heterocycles. The van der Waals surface area contributed by atoms with Crippen molar-refractivity contribution in [2.24, 2.45) is 0 Å². The van der Waals surface area contributed by atoms with Crippen molar-refractivity contribution in [3.05, 3.63) is 64.2 Å². The normalized spacial score (nSPS) is 10.3. The van der Waals surface area contributed by atoms with Crippen LogP contribution in [0.2, 0.25) is 5.02 Å². The topological polar surface area (TPSA) is 66.4 Å². The van der Waals surface area contributed by atoms with Crippen molar-refractivity contribution >= 4 is 41.8 Å². The number of anilines is 1. The molecule has 23 heavy (non-hydrogen) atoms. The van der Waals surface area contributed by atoms with Crippen molar-refractivity contribution < 1.29 is 14.7 Å².